The second kappa shape index (κ2) is 5.49. The Bertz CT molecular complexity index is 949. The Labute approximate surface area is 149 Å². The van der Waals surface area contributed by atoms with Gasteiger partial charge in [-0.05, 0) is 24.3 Å². The van der Waals surface area contributed by atoms with E-state index in [1.807, 2.05) is 36.4 Å². The van der Waals surface area contributed by atoms with Crippen LogP contribution in [-0.4, -0.2) is 34.9 Å². The van der Waals surface area contributed by atoms with Crippen LogP contribution in [0.4, 0.5) is 11.4 Å². The van der Waals surface area contributed by atoms with Crippen molar-refractivity contribution in [2.75, 3.05) is 22.9 Å². The first kappa shape index (κ1) is 14.8. The summed E-state index contributed by atoms with van der Waals surface area (Å²) >= 11 is 0. The van der Waals surface area contributed by atoms with E-state index in [9.17, 15) is 9.59 Å². The Morgan fingerprint density at radius 1 is 0.731 bits per heavy atom. The van der Waals surface area contributed by atoms with E-state index in [4.69, 9.17) is 0 Å². The van der Waals surface area contributed by atoms with Gasteiger partial charge in [0.1, 0.15) is 13.1 Å². The van der Waals surface area contributed by atoms with Gasteiger partial charge in [0.15, 0.2) is 0 Å². The molecule has 2 aliphatic rings. The molecule has 126 valence electrons. The van der Waals surface area contributed by atoms with Gasteiger partial charge in [-0.25, -0.2) is 0 Å². The van der Waals surface area contributed by atoms with Crippen molar-refractivity contribution < 1.29 is 9.59 Å². The van der Waals surface area contributed by atoms with E-state index in [0.29, 0.717) is 13.1 Å². The molecule has 2 fully saturated rings. The highest BCUT2D eigenvalue weighted by molar-refractivity contribution is 6.17. The maximum Gasteiger partial charge on any atom is 0.247 e. The van der Waals surface area contributed by atoms with Crippen LogP contribution in [0.5, 0.6) is 0 Å². The highest BCUT2D eigenvalue weighted by Crippen LogP contribution is 2.44. The molecule has 1 aromatic carbocycles. The lowest BCUT2D eigenvalue weighted by molar-refractivity contribution is -0.110. The molecule has 0 aliphatic carbocycles. The van der Waals surface area contributed by atoms with Crippen molar-refractivity contribution in [3.8, 4) is 22.3 Å². The van der Waals surface area contributed by atoms with Gasteiger partial charge in [0.05, 0.1) is 11.4 Å². The normalized spacial score (nSPS) is 15.4. The van der Waals surface area contributed by atoms with E-state index in [1.165, 1.54) is 0 Å². The van der Waals surface area contributed by atoms with Crippen LogP contribution in [0.15, 0.2) is 61.2 Å². The molecule has 5 rings (SSSR count). The monoisotopic (exact) mass is 342 g/mol. The Morgan fingerprint density at radius 3 is 1.46 bits per heavy atom. The van der Waals surface area contributed by atoms with Gasteiger partial charge in [-0.1, -0.05) is 12.1 Å². The van der Waals surface area contributed by atoms with E-state index < -0.39 is 0 Å². The van der Waals surface area contributed by atoms with Crippen LogP contribution in [0.25, 0.3) is 22.3 Å². The number of anilines is 2. The molecule has 0 radical (unpaired) electrons. The van der Waals surface area contributed by atoms with Crippen molar-refractivity contribution in [1.82, 2.24) is 9.97 Å². The molecule has 0 saturated carbocycles. The summed E-state index contributed by atoms with van der Waals surface area (Å²) in [5, 5.41) is 0. The lowest BCUT2D eigenvalue weighted by Crippen LogP contribution is -2.02. The van der Waals surface area contributed by atoms with Gasteiger partial charge >= 0.3 is 0 Å². The van der Waals surface area contributed by atoms with Gasteiger partial charge < -0.3 is 9.80 Å². The molecule has 2 saturated heterocycles. The summed E-state index contributed by atoms with van der Waals surface area (Å²) in [4.78, 5) is 35.5. The summed E-state index contributed by atoms with van der Waals surface area (Å²) < 4.78 is 0. The summed E-state index contributed by atoms with van der Waals surface area (Å²) in [6.07, 6.45) is 6.96. The minimum atomic E-state index is 0.0860. The zero-order valence-corrected chi connectivity index (χ0v) is 13.8. The maximum atomic E-state index is 11.8. The second-order valence-corrected chi connectivity index (χ2v) is 6.33. The van der Waals surface area contributed by atoms with E-state index in [0.717, 1.165) is 33.6 Å². The van der Waals surface area contributed by atoms with E-state index in [-0.39, 0.29) is 11.8 Å². The molecular formula is C20H14N4O2. The number of hydrogen-bond donors (Lipinski definition) is 0. The van der Waals surface area contributed by atoms with Crippen molar-refractivity contribution in [2.24, 2.45) is 0 Å². The van der Waals surface area contributed by atoms with E-state index >= 15 is 0 Å². The van der Waals surface area contributed by atoms with Crippen LogP contribution in [0, 0.1) is 0 Å². The fraction of sp³-hybridized carbons (Fsp3) is 0.100. The molecule has 0 N–H and O–H groups in total. The van der Waals surface area contributed by atoms with Crippen molar-refractivity contribution in [2.45, 2.75) is 0 Å². The largest absolute Gasteiger partial charge is 0.301 e. The Balaban J connectivity index is 1.75. The van der Waals surface area contributed by atoms with E-state index in [1.54, 1.807) is 34.6 Å². The summed E-state index contributed by atoms with van der Waals surface area (Å²) in [6.45, 7) is 0.809. The van der Waals surface area contributed by atoms with Crippen LogP contribution in [0.3, 0.4) is 0 Å². The molecule has 6 heteroatoms. The molecule has 0 bridgehead atoms. The van der Waals surface area contributed by atoms with Gasteiger partial charge in [-0.15, -0.1) is 0 Å². The summed E-state index contributed by atoms with van der Waals surface area (Å²) in [6, 6.07) is 11.6. The van der Waals surface area contributed by atoms with Crippen molar-refractivity contribution in [3.63, 3.8) is 0 Å². The molecule has 4 heterocycles. The molecule has 2 aliphatic heterocycles. The minimum absolute atomic E-state index is 0.0860. The van der Waals surface area contributed by atoms with Gasteiger partial charge in [0, 0.05) is 47.0 Å². The standard InChI is InChI=1S/C20H14N4O2/c25-19-11-23(19)17-8-16(14-4-2-6-22-10-14)18(24-12-20(24)26)7-15(17)13-3-1-5-21-9-13/h1-10H,11-12H2. The molecular weight excluding hydrogens is 328 g/mol. The third kappa shape index (κ3) is 2.43. The SMILES string of the molecule is O=C1CN1c1cc(-c2cccnc2)c(N2CC2=O)cc1-c1cccnc1. The Morgan fingerprint density at radius 2 is 1.15 bits per heavy atom. The lowest BCUT2D eigenvalue weighted by Gasteiger charge is -2.17. The first-order chi connectivity index (χ1) is 12.7. The molecule has 6 nitrogen and oxygen atoms in total. The zero-order valence-electron chi connectivity index (χ0n) is 13.8. The quantitative estimate of drug-likeness (QED) is 0.683. The number of nitrogens with zero attached hydrogens (tertiary/aromatic N) is 4. The molecule has 26 heavy (non-hydrogen) atoms. The third-order valence-electron chi connectivity index (χ3n) is 4.62. The third-order valence-corrected chi connectivity index (χ3v) is 4.62. The van der Waals surface area contributed by atoms with Gasteiger partial charge in [0.2, 0.25) is 11.8 Å². The number of rotatable bonds is 4. The first-order valence-electron chi connectivity index (χ1n) is 8.32. The predicted molar refractivity (Wildman–Crippen MR) is 97.6 cm³/mol. The van der Waals surface area contributed by atoms with Gasteiger partial charge in [-0.2, -0.15) is 0 Å². The van der Waals surface area contributed by atoms with E-state index in [2.05, 4.69) is 9.97 Å². The van der Waals surface area contributed by atoms with Crippen LogP contribution < -0.4 is 9.80 Å². The van der Waals surface area contributed by atoms with Gasteiger partial charge in [-0.3, -0.25) is 19.6 Å². The average molecular weight is 342 g/mol. The lowest BCUT2D eigenvalue weighted by atomic mass is 9.97. The highest BCUT2D eigenvalue weighted by Gasteiger charge is 2.38. The fourth-order valence-electron chi connectivity index (χ4n) is 3.17. The second-order valence-electron chi connectivity index (χ2n) is 6.33. The van der Waals surface area contributed by atoms with Crippen molar-refractivity contribution in [3.05, 3.63) is 61.2 Å². The van der Waals surface area contributed by atoms with Crippen LogP contribution in [0.1, 0.15) is 0 Å². The average Bonchev–Trinajstić information content (AvgIpc) is 3.60. The number of amides is 2. The molecule has 0 unspecified atom stereocenters. The maximum absolute atomic E-state index is 11.8. The van der Waals surface area contributed by atoms with Crippen LogP contribution >= 0.6 is 0 Å². The number of benzene rings is 1. The molecule has 0 spiro atoms. The number of carbonyl (C=O) groups excluding carboxylic acids is 2. The van der Waals surface area contributed by atoms with Crippen LogP contribution in [-0.2, 0) is 9.59 Å². The first-order valence-corrected chi connectivity index (χ1v) is 8.32. The number of pyridine rings is 2. The number of carbonyl (C=O) groups is 2. The molecule has 2 amide bonds. The summed E-state index contributed by atoms with van der Waals surface area (Å²) in [5.41, 5.74) is 5.28. The topological polar surface area (TPSA) is 65.9 Å². The fourth-order valence-corrected chi connectivity index (χ4v) is 3.17. The van der Waals surface area contributed by atoms with Crippen LogP contribution in [0.2, 0.25) is 0 Å². The predicted octanol–water partition coefficient (Wildman–Crippen LogP) is 2.50. The summed E-state index contributed by atoms with van der Waals surface area (Å²) in [7, 11) is 0. The Hall–Kier alpha value is -3.54. The zero-order chi connectivity index (χ0) is 17.7. The number of aromatic nitrogens is 2. The van der Waals surface area contributed by atoms with Crippen molar-refractivity contribution in [1.29, 1.82) is 0 Å². The highest BCUT2D eigenvalue weighted by atomic mass is 16.2. The van der Waals surface area contributed by atoms with Crippen molar-refractivity contribution >= 4 is 23.2 Å². The van der Waals surface area contributed by atoms with Gasteiger partial charge in [0.25, 0.3) is 0 Å². The Kier molecular flexibility index (Phi) is 3.12. The molecule has 2 aromatic heterocycles. The molecule has 3 aromatic rings. The molecule has 0 atom stereocenters. The summed E-state index contributed by atoms with van der Waals surface area (Å²) in [5.74, 6) is 0.172. The smallest absolute Gasteiger partial charge is 0.247 e. The minimum Gasteiger partial charge on any atom is -0.301 e. The number of hydrogen-bond acceptors (Lipinski definition) is 4.